The van der Waals surface area contributed by atoms with E-state index in [2.05, 4.69) is 0 Å². The maximum atomic E-state index is 13.4. The van der Waals surface area contributed by atoms with E-state index in [1.54, 1.807) is 17.9 Å². The van der Waals surface area contributed by atoms with E-state index in [4.69, 9.17) is 5.11 Å². The highest BCUT2D eigenvalue weighted by molar-refractivity contribution is 5.94. The zero-order valence-electron chi connectivity index (χ0n) is 11.2. The molecule has 0 radical (unpaired) electrons. The highest BCUT2D eigenvalue weighted by atomic mass is 19.1. The lowest BCUT2D eigenvalue weighted by Crippen LogP contribution is -2.40. The van der Waals surface area contributed by atoms with Crippen LogP contribution < -0.4 is 0 Å². The highest BCUT2D eigenvalue weighted by Crippen LogP contribution is 2.25. The Morgan fingerprint density at radius 3 is 2.63 bits per heavy atom. The second kappa shape index (κ2) is 6.15. The molecule has 1 aromatic rings. The summed E-state index contributed by atoms with van der Waals surface area (Å²) in [5.41, 5.74) is 1.11. The Balaban J connectivity index is 2.22. The van der Waals surface area contributed by atoms with Crippen molar-refractivity contribution in [3.8, 4) is 0 Å². The monoisotopic (exact) mass is 265 g/mol. The lowest BCUT2D eigenvalue weighted by molar-refractivity contribution is 0.0637. The van der Waals surface area contributed by atoms with Gasteiger partial charge in [0.25, 0.3) is 5.91 Å². The number of benzene rings is 1. The lowest BCUT2D eigenvalue weighted by atomic mass is 10.1. The van der Waals surface area contributed by atoms with Crippen molar-refractivity contribution in [3.63, 3.8) is 0 Å². The molecule has 0 atom stereocenters. The number of carbonyl (C=O) groups excluding carboxylic acids is 1. The molecule has 1 fully saturated rings. The zero-order valence-corrected chi connectivity index (χ0v) is 11.2. The van der Waals surface area contributed by atoms with Gasteiger partial charge < -0.3 is 10.0 Å². The number of aliphatic hydroxyl groups is 1. The highest BCUT2D eigenvalue weighted by Gasteiger charge is 2.27. The minimum atomic E-state index is -0.390. The fourth-order valence-corrected chi connectivity index (χ4v) is 2.80. The quantitative estimate of drug-likeness (QED) is 0.908. The Morgan fingerprint density at radius 2 is 2.05 bits per heavy atom. The molecule has 0 spiro atoms. The standard InChI is InChI=1S/C15H20FNO2/c1-11-8-12(10-13(16)9-11)15(19)17(6-7-18)14-4-2-3-5-14/h8-10,14,18H,2-7H2,1H3. The summed E-state index contributed by atoms with van der Waals surface area (Å²) < 4.78 is 13.4. The molecular formula is C15H20FNO2. The first-order valence-corrected chi connectivity index (χ1v) is 6.81. The molecule has 0 bridgehead atoms. The second-order valence-electron chi connectivity index (χ2n) is 5.18. The van der Waals surface area contributed by atoms with Crippen LogP contribution in [0.3, 0.4) is 0 Å². The minimum Gasteiger partial charge on any atom is -0.395 e. The number of hydrogen-bond acceptors (Lipinski definition) is 2. The first-order valence-electron chi connectivity index (χ1n) is 6.81. The maximum absolute atomic E-state index is 13.4. The molecule has 0 aromatic heterocycles. The SMILES string of the molecule is Cc1cc(F)cc(C(=O)N(CCO)C2CCCC2)c1. The van der Waals surface area contributed by atoms with Crippen LogP contribution >= 0.6 is 0 Å². The van der Waals surface area contributed by atoms with Crippen LogP contribution in [0.4, 0.5) is 4.39 Å². The topological polar surface area (TPSA) is 40.5 Å². The number of hydrogen-bond donors (Lipinski definition) is 1. The van der Waals surface area contributed by atoms with Crippen LogP contribution in [0, 0.1) is 12.7 Å². The summed E-state index contributed by atoms with van der Waals surface area (Å²) >= 11 is 0. The van der Waals surface area contributed by atoms with Crippen molar-refractivity contribution >= 4 is 5.91 Å². The van der Waals surface area contributed by atoms with E-state index < -0.39 is 5.82 Å². The molecule has 4 heteroatoms. The number of halogens is 1. The van der Waals surface area contributed by atoms with Gasteiger partial charge in [-0.05, 0) is 43.5 Å². The van der Waals surface area contributed by atoms with Crippen LogP contribution in [0.1, 0.15) is 41.6 Å². The fraction of sp³-hybridized carbons (Fsp3) is 0.533. The van der Waals surface area contributed by atoms with E-state index in [1.165, 1.54) is 12.1 Å². The number of rotatable bonds is 4. The number of nitrogens with zero attached hydrogens (tertiary/aromatic N) is 1. The summed E-state index contributed by atoms with van der Waals surface area (Å²) in [6, 6.07) is 4.56. The summed E-state index contributed by atoms with van der Waals surface area (Å²) in [4.78, 5) is 14.2. The average molecular weight is 265 g/mol. The molecule has 0 unspecified atom stereocenters. The maximum Gasteiger partial charge on any atom is 0.254 e. The van der Waals surface area contributed by atoms with E-state index in [9.17, 15) is 9.18 Å². The van der Waals surface area contributed by atoms with Crippen molar-refractivity contribution in [3.05, 3.63) is 35.1 Å². The molecular weight excluding hydrogens is 245 g/mol. The van der Waals surface area contributed by atoms with Gasteiger partial charge in [-0.2, -0.15) is 0 Å². The van der Waals surface area contributed by atoms with Crippen molar-refractivity contribution in [2.24, 2.45) is 0 Å². The van der Waals surface area contributed by atoms with Gasteiger partial charge in [0.05, 0.1) is 6.61 Å². The molecule has 2 rings (SSSR count). The molecule has 1 aromatic carbocycles. The second-order valence-corrected chi connectivity index (χ2v) is 5.18. The molecule has 0 heterocycles. The smallest absolute Gasteiger partial charge is 0.254 e. The Hall–Kier alpha value is -1.42. The van der Waals surface area contributed by atoms with Gasteiger partial charge in [0, 0.05) is 18.2 Å². The lowest BCUT2D eigenvalue weighted by Gasteiger charge is -2.28. The Labute approximate surface area is 113 Å². The van der Waals surface area contributed by atoms with E-state index in [0.29, 0.717) is 12.1 Å². The van der Waals surface area contributed by atoms with Crippen molar-refractivity contribution < 1.29 is 14.3 Å². The molecule has 1 aliphatic carbocycles. The molecule has 1 saturated carbocycles. The minimum absolute atomic E-state index is 0.0590. The predicted molar refractivity (Wildman–Crippen MR) is 71.5 cm³/mol. The Morgan fingerprint density at radius 1 is 1.37 bits per heavy atom. The Kier molecular flexibility index (Phi) is 4.53. The van der Waals surface area contributed by atoms with Gasteiger partial charge in [-0.3, -0.25) is 4.79 Å². The van der Waals surface area contributed by atoms with Crippen LogP contribution in [0.15, 0.2) is 18.2 Å². The van der Waals surface area contributed by atoms with E-state index in [1.807, 2.05) is 0 Å². The third-order valence-corrected chi connectivity index (χ3v) is 3.66. The summed E-state index contributed by atoms with van der Waals surface area (Å²) in [5.74, 6) is -0.567. The molecule has 1 N–H and O–H groups in total. The van der Waals surface area contributed by atoms with Gasteiger partial charge >= 0.3 is 0 Å². The van der Waals surface area contributed by atoms with Crippen molar-refractivity contribution in [1.82, 2.24) is 4.90 Å². The van der Waals surface area contributed by atoms with Crippen LogP contribution in [-0.4, -0.2) is 35.1 Å². The summed E-state index contributed by atoms with van der Waals surface area (Å²) in [6.45, 7) is 2.03. The first-order chi connectivity index (χ1) is 9.11. The molecule has 3 nitrogen and oxygen atoms in total. The third-order valence-electron chi connectivity index (χ3n) is 3.66. The third kappa shape index (κ3) is 3.32. The van der Waals surface area contributed by atoms with Crippen LogP contribution in [0.2, 0.25) is 0 Å². The molecule has 104 valence electrons. The van der Waals surface area contributed by atoms with Gasteiger partial charge in [-0.1, -0.05) is 12.8 Å². The largest absolute Gasteiger partial charge is 0.395 e. The average Bonchev–Trinajstić information content (AvgIpc) is 2.87. The van der Waals surface area contributed by atoms with Gasteiger partial charge in [0.1, 0.15) is 5.82 Å². The molecule has 1 amide bonds. The Bertz CT molecular complexity index is 435. The molecule has 19 heavy (non-hydrogen) atoms. The van der Waals surface area contributed by atoms with Gasteiger partial charge in [0.2, 0.25) is 0 Å². The number of aryl methyl sites for hydroxylation is 1. The van der Waals surface area contributed by atoms with Gasteiger partial charge in [-0.15, -0.1) is 0 Å². The normalized spacial score (nSPS) is 15.7. The number of carbonyl (C=O) groups is 1. The summed E-state index contributed by atoms with van der Waals surface area (Å²) in [6.07, 6.45) is 4.17. The first kappa shape index (κ1) is 14.0. The van der Waals surface area contributed by atoms with Gasteiger partial charge in [-0.25, -0.2) is 4.39 Å². The summed E-state index contributed by atoms with van der Waals surface area (Å²) in [7, 11) is 0. The van der Waals surface area contributed by atoms with Crippen molar-refractivity contribution in [2.75, 3.05) is 13.2 Å². The van der Waals surface area contributed by atoms with E-state index in [-0.39, 0.29) is 18.6 Å². The van der Waals surface area contributed by atoms with Gasteiger partial charge in [0.15, 0.2) is 0 Å². The fourth-order valence-electron chi connectivity index (χ4n) is 2.80. The zero-order chi connectivity index (χ0) is 13.8. The van der Waals surface area contributed by atoms with E-state index in [0.717, 1.165) is 31.2 Å². The van der Waals surface area contributed by atoms with Crippen molar-refractivity contribution in [1.29, 1.82) is 0 Å². The molecule has 0 saturated heterocycles. The van der Waals surface area contributed by atoms with Crippen LogP contribution in [0.25, 0.3) is 0 Å². The van der Waals surface area contributed by atoms with Crippen molar-refractivity contribution in [2.45, 2.75) is 38.6 Å². The number of aliphatic hydroxyl groups excluding tert-OH is 1. The number of amides is 1. The predicted octanol–water partition coefficient (Wildman–Crippen LogP) is 2.51. The summed E-state index contributed by atoms with van der Waals surface area (Å²) in [5, 5.41) is 9.13. The van der Waals surface area contributed by atoms with Crippen LogP contribution in [-0.2, 0) is 0 Å². The molecule has 0 aliphatic heterocycles. The molecule has 1 aliphatic rings. The van der Waals surface area contributed by atoms with Crippen LogP contribution in [0.5, 0.6) is 0 Å². The van der Waals surface area contributed by atoms with E-state index >= 15 is 0 Å².